The van der Waals surface area contributed by atoms with Gasteiger partial charge >= 0.3 is 0 Å². The highest BCUT2D eigenvalue weighted by molar-refractivity contribution is 8.14. The number of amidine groups is 1. The van der Waals surface area contributed by atoms with Crippen LogP contribution in [0.15, 0.2) is 29.3 Å². The van der Waals surface area contributed by atoms with Gasteiger partial charge in [-0.25, -0.2) is 0 Å². The number of nitrogens with one attached hydrogen (secondary N) is 1. The maximum absolute atomic E-state index is 4.85. The smallest absolute Gasteiger partial charge is 0.157 e. The third kappa shape index (κ3) is 2.49. The van der Waals surface area contributed by atoms with E-state index >= 15 is 0 Å². The van der Waals surface area contributed by atoms with Gasteiger partial charge in [0.05, 0.1) is 6.04 Å². The Kier molecular flexibility index (Phi) is 3.10. The zero-order chi connectivity index (χ0) is 11.7. The van der Waals surface area contributed by atoms with Crippen molar-refractivity contribution >= 4 is 16.9 Å². The molecule has 17 heavy (non-hydrogen) atoms. The number of hydrogen-bond acceptors (Lipinski definition) is 2. The molecule has 0 aromatic heterocycles. The van der Waals surface area contributed by atoms with Gasteiger partial charge in [-0.3, -0.25) is 4.99 Å². The molecule has 0 radical (unpaired) electrons. The highest BCUT2D eigenvalue weighted by atomic mass is 32.2. The summed E-state index contributed by atoms with van der Waals surface area (Å²) in [6.45, 7) is 2.21. The molecule has 2 aliphatic rings. The number of thioether (sulfide) groups is 1. The second-order valence-corrected chi connectivity index (χ2v) is 5.96. The average Bonchev–Trinajstić information content (AvgIpc) is 2.75. The standard InChI is InChI=1S/C14H18N2S/c1-10-9-17-14(15-10)16-13-7-6-11-4-2-3-5-12(11)8-13/h2-5,10,13H,6-9H2,1H3,(H,15,16). The Morgan fingerprint density at radius 1 is 1.29 bits per heavy atom. The van der Waals surface area contributed by atoms with Crippen LogP contribution in [0.25, 0.3) is 0 Å². The lowest BCUT2D eigenvalue weighted by molar-refractivity contribution is 0.577. The van der Waals surface area contributed by atoms with Gasteiger partial charge in [0.25, 0.3) is 0 Å². The van der Waals surface area contributed by atoms with Crippen LogP contribution in [-0.2, 0) is 12.8 Å². The van der Waals surface area contributed by atoms with E-state index in [1.54, 1.807) is 0 Å². The second kappa shape index (κ2) is 4.73. The summed E-state index contributed by atoms with van der Waals surface area (Å²) in [6, 6.07) is 9.84. The zero-order valence-electron chi connectivity index (χ0n) is 10.1. The van der Waals surface area contributed by atoms with Crippen LogP contribution < -0.4 is 5.32 Å². The number of benzene rings is 1. The third-order valence-electron chi connectivity index (χ3n) is 3.46. The van der Waals surface area contributed by atoms with E-state index in [0.717, 1.165) is 17.3 Å². The van der Waals surface area contributed by atoms with E-state index in [9.17, 15) is 0 Å². The first-order chi connectivity index (χ1) is 8.31. The van der Waals surface area contributed by atoms with Crippen molar-refractivity contribution in [2.24, 2.45) is 4.99 Å². The maximum Gasteiger partial charge on any atom is 0.157 e. The SMILES string of the molecule is CC1CSC(=NC2CCc3ccccc3C2)N1. The van der Waals surface area contributed by atoms with Crippen molar-refractivity contribution in [2.75, 3.05) is 5.75 Å². The second-order valence-electron chi connectivity index (χ2n) is 4.96. The first-order valence-electron chi connectivity index (χ1n) is 6.35. The normalized spacial score (nSPS) is 30.1. The van der Waals surface area contributed by atoms with Gasteiger partial charge in [0.1, 0.15) is 0 Å². The van der Waals surface area contributed by atoms with E-state index < -0.39 is 0 Å². The molecule has 1 aliphatic heterocycles. The molecule has 2 unspecified atom stereocenters. The molecule has 3 rings (SSSR count). The summed E-state index contributed by atoms with van der Waals surface area (Å²) in [7, 11) is 0. The van der Waals surface area contributed by atoms with E-state index in [1.165, 1.54) is 24.0 Å². The Morgan fingerprint density at radius 2 is 2.12 bits per heavy atom. The fraction of sp³-hybridized carbons (Fsp3) is 0.500. The number of fused-ring (bicyclic) bond motifs is 1. The summed E-state index contributed by atoms with van der Waals surface area (Å²) < 4.78 is 0. The summed E-state index contributed by atoms with van der Waals surface area (Å²) in [4.78, 5) is 4.85. The lowest BCUT2D eigenvalue weighted by Crippen LogP contribution is -2.26. The molecule has 0 saturated carbocycles. The van der Waals surface area contributed by atoms with Gasteiger partial charge < -0.3 is 5.32 Å². The molecule has 2 nitrogen and oxygen atoms in total. The first-order valence-corrected chi connectivity index (χ1v) is 7.34. The number of nitrogens with zero attached hydrogens (tertiary/aromatic N) is 1. The first kappa shape index (κ1) is 11.1. The minimum atomic E-state index is 0.477. The minimum Gasteiger partial charge on any atom is -0.362 e. The number of aryl methyl sites for hydroxylation is 1. The molecule has 3 heteroatoms. The van der Waals surface area contributed by atoms with E-state index in [4.69, 9.17) is 4.99 Å². The van der Waals surface area contributed by atoms with Crippen molar-refractivity contribution in [3.63, 3.8) is 0 Å². The Morgan fingerprint density at radius 3 is 2.88 bits per heavy atom. The minimum absolute atomic E-state index is 0.477. The molecular weight excluding hydrogens is 228 g/mol. The van der Waals surface area contributed by atoms with Gasteiger partial charge in [0, 0.05) is 11.8 Å². The predicted octanol–water partition coefficient (Wildman–Crippen LogP) is 2.62. The van der Waals surface area contributed by atoms with Crippen LogP contribution in [0.3, 0.4) is 0 Å². The van der Waals surface area contributed by atoms with Gasteiger partial charge in [0.15, 0.2) is 5.17 Å². The van der Waals surface area contributed by atoms with E-state index in [2.05, 4.69) is 36.5 Å². The van der Waals surface area contributed by atoms with Crippen LogP contribution in [0.4, 0.5) is 0 Å². The molecule has 1 aliphatic carbocycles. The van der Waals surface area contributed by atoms with E-state index in [-0.39, 0.29) is 0 Å². The van der Waals surface area contributed by atoms with Gasteiger partial charge in [0.2, 0.25) is 0 Å². The molecule has 0 spiro atoms. The molecule has 0 amide bonds. The largest absolute Gasteiger partial charge is 0.362 e. The molecular formula is C14H18N2S. The summed E-state index contributed by atoms with van der Waals surface area (Å²) in [6.07, 6.45) is 3.48. The molecule has 1 fully saturated rings. The predicted molar refractivity (Wildman–Crippen MR) is 74.7 cm³/mol. The number of aliphatic imine (C=N–C) groups is 1. The van der Waals surface area contributed by atoms with Gasteiger partial charge in [-0.1, -0.05) is 36.0 Å². The van der Waals surface area contributed by atoms with Crippen LogP contribution in [0.1, 0.15) is 24.5 Å². The van der Waals surface area contributed by atoms with Gasteiger partial charge in [-0.15, -0.1) is 0 Å². The Labute approximate surface area is 107 Å². The Balaban J connectivity index is 1.72. The molecule has 0 bridgehead atoms. The number of hydrogen-bond donors (Lipinski definition) is 1. The van der Waals surface area contributed by atoms with Gasteiger partial charge in [-0.2, -0.15) is 0 Å². The highest BCUT2D eigenvalue weighted by Crippen LogP contribution is 2.24. The van der Waals surface area contributed by atoms with Crippen LogP contribution in [0.5, 0.6) is 0 Å². The maximum atomic E-state index is 4.85. The Bertz CT molecular complexity index is 442. The molecule has 1 aromatic carbocycles. The molecule has 1 heterocycles. The van der Waals surface area contributed by atoms with Crippen LogP contribution in [0.2, 0.25) is 0 Å². The lowest BCUT2D eigenvalue weighted by Gasteiger charge is -2.21. The monoisotopic (exact) mass is 246 g/mol. The zero-order valence-corrected chi connectivity index (χ0v) is 11.0. The summed E-state index contributed by atoms with van der Waals surface area (Å²) >= 11 is 1.86. The van der Waals surface area contributed by atoms with Crippen LogP contribution in [0, 0.1) is 0 Å². The van der Waals surface area contributed by atoms with Crippen molar-refractivity contribution < 1.29 is 0 Å². The van der Waals surface area contributed by atoms with E-state index in [0.29, 0.717) is 12.1 Å². The van der Waals surface area contributed by atoms with Crippen molar-refractivity contribution in [1.82, 2.24) is 5.32 Å². The molecule has 90 valence electrons. The highest BCUT2D eigenvalue weighted by Gasteiger charge is 2.21. The van der Waals surface area contributed by atoms with Gasteiger partial charge in [-0.05, 0) is 37.3 Å². The molecule has 2 atom stereocenters. The fourth-order valence-corrected chi connectivity index (χ4v) is 3.53. The molecule has 1 saturated heterocycles. The Hall–Kier alpha value is -0.960. The fourth-order valence-electron chi connectivity index (χ4n) is 2.53. The molecule has 1 N–H and O–H groups in total. The third-order valence-corrected chi connectivity index (χ3v) is 4.62. The average molecular weight is 246 g/mol. The summed E-state index contributed by atoms with van der Waals surface area (Å²) in [5, 5.41) is 4.59. The van der Waals surface area contributed by atoms with Crippen molar-refractivity contribution in [2.45, 2.75) is 38.3 Å². The van der Waals surface area contributed by atoms with Crippen LogP contribution in [-0.4, -0.2) is 23.0 Å². The van der Waals surface area contributed by atoms with E-state index in [1.807, 2.05) is 11.8 Å². The topological polar surface area (TPSA) is 24.4 Å². The van der Waals surface area contributed by atoms with Crippen molar-refractivity contribution in [1.29, 1.82) is 0 Å². The summed E-state index contributed by atoms with van der Waals surface area (Å²) in [5.41, 5.74) is 3.01. The molecule has 1 aromatic rings. The quantitative estimate of drug-likeness (QED) is 0.824. The lowest BCUT2D eigenvalue weighted by atomic mass is 9.89. The number of rotatable bonds is 1. The summed E-state index contributed by atoms with van der Waals surface area (Å²) in [5.74, 6) is 1.15. The van der Waals surface area contributed by atoms with Crippen LogP contribution >= 0.6 is 11.8 Å². The van der Waals surface area contributed by atoms with Crippen molar-refractivity contribution in [3.05, 3.63) is 35.4 Å². The van der Waals surface area contributed by atoms with Crippen molar-refractivity contribution in [3.8, 4) is 0 Å².